The van der Waals surface area contributed by atoms with Crippen LogP contribution >= 0.6 is 0 Å². The van der Waals surface area contributed by atoms with Gasteiger partial charge in [0.25, 0.3) is 0 Å². The Morgan fingerprint density at radius 3 is 2.50 bits per heavy atom. The van der Waals surface area contributed by atoms with Crippen molar-refractivity contribution in [3.8, 4) is 0 Å². The minimum atomic E-state index is -0.350. The van der Waals surface area contributed by atoms with Crippen LogP contribution < -0.4 is 16.0 Å². The number of urea groups is 1. The zero-order chi connectivity index (χ0) is 13.9. The predicted octanol–water partition coefficient (Wildman–Crippen LogP) is -1.44. The minimum Gasteiger partial charge on any atom is -0.335 e. The maximum absolute atomic E-state index is 11.7. The summed E-state index contributed by atoms with van der Waals surface area (Å²) in [4.78, 5) is 27.7. The number of hydrogen-bond donors (Lipinski definition) is 3. The molecule has 0 radical (unpaired) electrons. The van der Waals surface area contributed by atoms with Crippen LogP contribution in [-0.4, -0.2) is 79.6 Å². The van der Waals surface area contributed by atoms with E-state index in [9.17, 15) is 9.59 Å². The summed E-state index contributed by atoms with van der Waals surface area (Å²) >= 11 is 0. The summed E-state index contributed by atoms with van der Waals surface area (Å²) in [5.74, 6) is -0.207. The number of amides is 3. The standard InChI is InChI=1S/C13H23N5O2/c19-12(16-13(20)15-10-1-2-10)9-17-7-11(8-17)18-5-3-14-4-6-18/h10-11,14H,1-9H2,(H2,15,16,19,20). The van der Waals surface area contributed by atoms with E-state index in [-0.39, 0.29) is 18.0 Å². The summed E-state index contributed by atoms with van der Waals surface area (Å²) in [6.07, 6.45) is 2.06. The monoisotopic (exact) mass is 281 g/mol. The fourth-order valence-electron chi connectivity index (χ4n) is 2.77. The van der Waals surface area contributed by atoms with E-state index in [1.807, 2.05) is 0 Å². The van der Waals surface area contributed by atoms with E-state index in [1.54, 1.807) is 0 Å². The first-order valence-corrected chi connectivity index (χ1v) is 7.48. The maximum Gasteiger partial charge on any atom is 0.321 e. The van der Waals surface area contributed by atoms with Gasteiger partial charge in [0.15, 0.2) is 0 Å². The summed E-state index contributed by atoms with van der Waals surface area (Å²) in [7, 11) is 0. The molecule has 2 saturated heterocycles. The van der Waals surface area contributed by atoms with Gasteiger partial charge in [0.1, 0.15) is 0 Å². The van der Waals surface area contributed by atoms with Crippen molar-refractivity contribution in [1.82, 2.24) is 25.8 Å². The van der Waals surface area contributed by atoms with Gasteiger partial charge >= 0.3 is 6.03 Å². The number of nitrogens with one attached hydrogen (secondary N) is 3. The van der Waals surface area contributed by atoms with Crippen LogP contribution in [0.5, 0.6) is 0 Å². The SMILES string of the molecule is O=C(CN1CC(N2CCNCC2)C1)NC(=O)NC1CC1. The van der Waals surface area contributed by atoms with Gasteiger partial charge in [-0.1, -0.05) is 0 Å². The van der Waals surface area contributed by atoms with E-state index < -0.39 is 0 Å². The molecule has 0 atom stereocenters. The normalized spacial score (nSPS) is 25.0. The molecule has 1 saturated carbocycles. The highest BCUT2D eigenvalue weighted by Crippen LogP contribution is 2.18. The summed E-state index contributed by atoms with van der Waals surface area (Å²) in [6, 6.07) is 0.505. The number of likely N-dealkylation sites (tertiary alicyclic amines) is 1. The molecule has 7 heteroatoms. The van der Waals surface area contributed by atoms with Crippen LogP contribution in [0.25, 0.3) is 0 Å². The van der Waals surface area contributed by atoms with Crippen molar-refractivity contribution in [2.45, 2.75) is 24.9 Å². The van der Waals surface area contributed by atoms with Crippen LogP contribution in [0.15, 0.2) is 0 Å². The molecule has 2 aliphatic heterocycles. The van der Waals surface area contributed by atoms with Crippen molar-refractivity contribution < 1.29 is 9.59 Å². The third-order valence-corrected chi connectivity index (χ3v) is 4.14. The molecule has 3 fully saturated rings. The van der Waals surface area contributed by atoms with Crippen LogP contribution in [0.3, 0.4) is 0 Å². The first kappa shape index (κ1) is 13.8. The molecule has 3 N–H and O–H groups in total. The van der Waals surface area contributed by atoms with Crippen molar-refractivity contribution in [3.63, 3.8) is 0 Å². The average Bonchev–Trinajstić information content (AvgIpc) is 3.18. The highest BCUT2D eigenvalue weighted by Gasteiger charge is 2.33. The van der Waals surface area contributed by atoms with Crippen LogP contribution in [0.4, 0.5) is 4.79 Å². The second-order valence-electron chi connectivity index (χ2n) is 5.93. The zero-order valence-corrected chi connectivity index (χ0v) is 11.7. The number of rotatable bonds is 4. The lowest BCUT2D eigenvalue weighted by molar-refractivity contribution is -0.123. The molecule has 0 aromatic heterocycles. The molecule has 7 nitrogen and oxygen atoms in total. The molecule has 3 amide bonds. The van der Waals surface area contributed by atoms with E-state index in [2.05, 4.69) is 25.8 Å². The zero-order valence-electron chi connectivity index (χ0n) is 11.7. The first-order valence-electron chi connectivity index (χ1n) is 7.48. The Morgan fingerprint density at radius 2 is 1.85 bits per heavy atom. The lowest BCUT2D eigenvalue weighted by Crippen LogP contribution is -2.64. The summed E-state index contributed by atoms with van der Waals surface area (Å²) < 4.78 is 0. The van der Waals surface area contributed by atoms with Crippen LogP contribution in [-0.2, 0) is 4.79 Å². The highest BCUT2D eigenvalue weighted by molar-refractivity contribution is 5.95. The first-order chi connectivity index (χ1) is 9.70. The Bertz CT molecular complexity index is 373. The number of carbonyl (C=O) groups is 2. The Kier molecular flexibility index (Phi) is 4.18. The molecular weight excluding hydrogens is 258 g/mol. The van der Waals surface area contributed by atoms with Gasteiger partial charge in [-0.15, -0.1) is 0 Å². The maximum atomic E-state index is 11.7. The van der Waals surface area contributed by atoms with Gasteiger partial charge in [-0.05, 0) is 12.8 Å². The van der Waals surface area contributed by atoms with Crippen molar-refractivity contribution in [3.05, 3.63) is 0 Å². The molecular formula is C13H23N5O2. The van der Waals surface area contributed by atoms with E-state index in [0.717, 1.165) is 52.1 Å². The molecule has 2 heterocycles. The van der Waals surface area contributed by atoms with Crippen molar-refractivity contribution in [2.75, 3.05) is 45.8 Å². The van der Waals surface area contributed by atoms with Gasteiger partial charge < -0.3 is 10.6 Å². The molecule has 20 heavy (non-hydrogen) atoms. The number of nitrogens with zero attached hydrogens (tertiary/aromatic N) is 2. The van der Waals surface area contributed by atoms with Gasteiger partial charge in [0, 0.05) is 51.4 Å². The molecule has 112 valence electrons. The molecule has 0 aromatic carbocycles. The molecule has 1 aliphatic carbocycles. The van der Waals surface area contributed by atoms with Gasteiger partial charge in [-0.2, -0.15) is 0 Å². The van der Waals surface area contributed by atoms with E-state index in [4.69, 9.17) is 0 Å². The predicted molar refractivity (Wildman–Crippen MR) is 74.4 cm³/mol. The smallest absolute Gasteiger partial charge is 0.321 e. The topological polar surface area (TPSA) is 76.7 Å². The highest BCUT2D eigenvalue weighted by atomic mass is 16.2. The van der Waals surface area contributed by atoms with Gasteiger partial charge in [-0.25, -0.2) is 4.79 Å². The lowest BCUT2D eigenvalue weighted by Gasteiger charge is -2.46. The Balaban J connectivity index is 1.31. The summed E-state index contributed by atoms with van der Waals surface area (Å²) in [6.45, 7) is 6.47. The van der Waals surface area contributed by atoms with Crippen molar-refractivity contribution >= 4 is 11.9 Å². The Morgan fingerprint density at radius 1 is 1.15 bits per heavy atom. The molecule has 0 aromatic rings. The summed E-state index contributed by atoms with van der Waals surface area (Å²) in [5, 5.41) is 8.48. The van der Waals surface area contributed by atoms with Crippen LogP contribution in [0.2, 0.25) is 0 Å². The Labute approximate surface area is 119 Å². The van der Waals surface area contributed by atoms with Gasteiger partial charge in [0.05, 0.1) is 6.54 Å². The fourth-order valence-corrected chi connectivity index (χ4v) is 2.77. The second kappa shape index (κ2) is 6.07. The summed E-state index contributed by atoms with van der Waals surface area (Å²) in [5.41, 5.74) is 0. The number of piperazine rings is 1. The van der Waals surface area contributed by atoms with E-state index in [1.165, 1.54) is 0 Å². The quantitative estimate of drug-likeness (QED) is 0.589. The number of imide groups is 1. The largest absolute Gasteiger partial charge is 0.335 e. The molecule has 0 spiro atoms. The molecule has 0 bridgehead atoms. The van der Waals surface area contributed by atoms with Crippen molar-refractivity contribution in [2.24, 2.45) is 0 Å². The van der Waals surface area contributed by atoms with Crippen LogP contribution in [0.1, 0.15) is 12.8 Å². The van der Waals surface area contributed by atoms with Crippen molar-refractivity contribution in [1.29, 1.82) is 0 Å². The van der Waals surface area contributed by atoms with Crippen LogP contribution in [0, 0.1) is 0 Å². The lowest BCUT2D eigenvalue weighted by atomic mass is 10.1. The molecule has 0 unspecified atom stereocenters. The fraction of sp³-hybridized carbons (Fsp3) is 0.846. The van der Waals surface area contributed by atoms with E-state index in [0.29, 0.717) is 12.6 Å². The molecule has 3 aliphatic rings. The average molecular weight is 281 g/mol. The van der Waals surface area contributed by atoms with Gasteiger partial charge in [0.2, 0.25) is 5.91 Å². The third-order valence-electron chi connectivity index (χ3n) is 4.14. The van der Waals surface area contributed by atoms with Gasteiger partial charge in [-0.3, -0.25) is 19.9 Å². The van der Waals surface area contributed by atoms with E-state index >= 15 is 0 Å². The molecule has 3 rings (SSSR count). The third kappa shape index (κ3) is 3.68. The number of hydrogen-bond acceptors (Lipinski definition) is 5. The second-order valence-corrected chi connectivity index (χ2v) is 5.93. The Hall–Kier alpha value is -1.18. The number of carbonyl (C=O) groups excluding carboxylic acids is 2. The minimum absolute atomic E-state index is 0.207.